The van der Waals surface area contributed by atoms with Gasteiger partial charge >= 0.3 is 0 Å². The summed E-state index contributed by atoms with van der Waals surface area (Å²) in [7, 11) is 1.63. The van der Waals surface area contributed by atoms with E-state index in [0.717, 1.165) is 36.4 Å². The first-order chi connectivity index (χ1) is 17.1. The maximum Gasteiger partial charge on any atom is 0.237 e. The van der Waals surface area contributed by atoms with Gasteiger partial charge in [0.25, 0.3) is 0 Å². The number of hydrogen-bond donors (Lipinski definition) is 1. The fourth-order valence-corrected chi connectivity index (χ4v) is 5.53. The molecule has 0 radical (unpaired) electrons. The predicted molar refractivity (Wildman–Crippen MR) is 139 cm³/mol. The molecule has 2 atom stereocenters. The molecule has 0 aliphatic carbocycles. The van der Waals surface area contributed by atoms with Gasteiger partial charge in [-0.1, -0.05) is 43.3 Å². The molecule has 0 bridgehead atoms. The number of carbonyl (C=O) groups is 1. The molecule has 4 rings (SSSR count). The molecule has 186 valence electrons. The molecular weight excluding hydrogens is 460 g/mol. The van der Waals surface area contributed by atoms with Gasteiger partial charge < -0.3 is 19.5 Å². The fraction of sp³-hybridized carbons (Fsp3) is 0.393. The van der Waals surface area contributed by atoms with Crippen molar-refractivity contribution in [1.29, 1.82) is 0 Å². The Morgan fingerprint density at radius 3 is 2.74 bits per heavy atom. The maximum absolute atomic E-state index is 13.6. The van der Waals surface area contributed by atoms with Crippen molar-refractivity contribution in [3.63, 3.8) is 0 Å². The smallest absolute Gasteiger partial charge is 0.237 e. The van der Waals surface area contributed by atoms with Gasteiger partial charge in [0.1, 0.15) is 18.1 Å². The van der Waals surface area contributed by atoms with Crippen LogP contribution in [0.3, 0.4) is 0 Å². The quantitative estimate of drug-likeness (QED) is 0.418. The highest BCUT2D eigenvalue weighted by Gasteiger charge is 2.33. The van der Waals surface area contributed by atoms with Crippen molar-refractivity contribution in [2.75, 3.05) is 39.9 Å². The Bertz CT molecular complexity index is 1090. The van der Waals surface area contributed by atoms with Crippen LogP contribution in [0, 0.1) is 0 Å². The van der Waals surface area contributed by atoms with Crippen molar-refractivity contribution >= 4 is 17.2 Å². The van der Waals surface area contributed by atoms with Gasteiger partial charge in [-0.3, -0.25) is 9.69 Å². The molecule has 0 spiro atoms. The lowest BCUT2D eigenvalue weighted by Gasteiger charge is -2.37. The zero-order valence-electron chi connectivity index (χ0n) is 20.4. The zero-order valence-corrected chi connectivity index (χ0v) is 21.2. The summed E-state index contributed by atoms with van der Waals surface area (Å²) in [6, 6.07) is 19.1. The Kier molecular flexibility index (Phi) is 8.79. The molecule has 0 saturated carbocycles. The van der Waals surface area contributed by atoms with Crippen LogP contribution in [0.2, 0.25) is 0 Å². The average Bonchev–Trinajstić information content (AvgIpc) is 3.37. The maximum atomic E-state index is 13.6. The Hall–Kier alpha value is -2.87. The first kappa shape index (κ1) is 25.2. The summed E-state index contributed by atoms with van der Waals surface area (Å²) < 4.78 is 11.5. The minimum atomic E-state index is -0.632. The number of benzene rings is 2. The van der Waals surface area contributed by atoms with Crippen LogP contribution in [0.4, 0.5) is 0 Å². The summed E-state index contributed by atoms with van der Waals surface area (Å²) in [6.45, 7) is 4.58. The van der Waals surface area contributed by atoms with E-state index in [9.17, 15) is 9.90 Å². The Morgan fingerprint density at radius 1 is 1.17 bits per heavy atom. The van der Waals surface area contributed by atoms with Crippen molar-refractivity contribution in [3.8, 4) is 11.5 Å². The number of carbonyl (C=O) groups excluding carboxylic acids is 1. The summed E-state index contributed by atoms with van der Waals surface area (Å²) in [5, 5.41) is 12.8. The zero-order chi connectivity index (χ0) is 24.6. The number of aliphatic hydroxyl groups is 1. The van der Waals surface area contributed by atoms with Crippen LogP contribution in [-0.4, -0.2) is 60.7 Å². The lowest BCUT2D eigenvalue weighted by Crippen LogP contribution is -2.47. The molecule has 2 unspecified atom stereocenters. The highest BCUT2D eigenvalue weighted by molar-refractivity contribution is 7.10. The molecular formula is C28H34N2O4S. The number of rotatable bonds is 11. The normalized spacial score (nSPS) is 16.1. The second-order valence-corrected chi connectivity index (χ2v) is 9.80. The van der Waals surface area contributed by atoms with Crippen molar-refractivity contribution in [2.45, 2.75) is 31.9 Å². The molecule has 1 N–H and O–H groups in total. The number of aliphatic hydroxyl groups excluding tert-OH is 1. The van der Waals surface area contributed by atoms with Crippen LogP contribution in [0.1, 0.15) is 41.5 Å². The molecule has 1 aliphatic rings. The van der Waals surface area contributed by atoms with Crippen LogP contribution in [0.15, 0.2) is 66.0 Å². The van der Waals surface area contributed by atoms with E-state index in [1.54, 1.807) is 18.4 Å². The lowest BCUT2D eigenvalue weighted by atomic mass is 10.00. The van der Waals surface area contributed by atoms with Gasteiger partial charge in [0, 0.05) is 24.0 Å². The van der Waals surface area contributed by atoms with E-state index >= 15 is 0 Å². The summed E-state index contributed by atoms with van der Waals surface area (Å²) >= 11 is 1.74. The topological polar surface area (TPSA) is 62.2 Å². The minimum absolute atomic E-state index is 0.0646. The SMILES string of the molecule is CCCN(CC(=O)N1CCc2sccc2C1COc1cccc(OC)c1)CC(O)c1ccccc1. The third kappa shape index (κ3) is 6.42. The molecule has 1 aliphatic heterocycles. The van der Waals surface area contributed by atoms with Crippen molar-refractivity contribution in [2.24, 2.45) is 0 Å². The molecule has 2 heterocycles. The molecule has 1 aromatic heterocycles. The van der Waals surface area contributed by atoms with Gasteiger partial charge in [-0.05, 0) is 54.1 Å². The summed E-state index contributed by atoms with van der Waals surface area (Å²) in [4.78, 5) is 18.9. The van der Waals surface area contributed by atoms with Crippen molar-refractivity contribution in [3.05, 3.63) is 82.0 Å². The van der Waals surface area contributed by atoms with Crippen LogP contribution in [-0.2, 0) is 11.2 Å². The highest BCUT2D eigenvalue weighted by atomic mass is 32.1. The third-order valence-corrected chi connectivity index (χ3v) is 7.37. The van der Waals surface area contributed by atoms with Crippen LogP contribution >= 0.6 is 11.3 Å². The molecule has 7 heteroatoms. The van der Waals surface area contributed by atoms with E-state index in [4.69, 9.17) is 9.47 Å². The molecule has 1 amide bonds. The lowest BCUT2D eigenvalue weighted by molar-refractivity contribution is -0.136. The molecule has 2 aromatic carbocycles. The first-order valence-electron chi connectivity index (χ1n) is 12.2. The minimum Gasteiger partial charge on any atom is -0.497 e. The van der Waals surface area contributed by atoms with Crippen molar-refractivity contribution < 1.29 is 19.4 Å². The van der Waals surface area contributed by atoms with E-state index in [1.165, 1.54) is 10.4 Å². The van der Waals surface area contributed by atoms with Gasteiger partial charge in [0.05, 0.1) is 25.8 Å². The second kappa shape index (κ2) is 12.2. The summed E-state index contributed by atoms with van der Waals surface area (Å²) in [6.07, 6.45) is 1.13. The van der Waals surface area contributed by atoms with Gasteiger partial charge in [-0.2, -0.15) is 0 Å². The number of hydrogen-bond acceptors (Lipinski definition) is 6. The Labute approximate surface area is 211 Å². The highest BCUT2D eigenvalue weighted by Crippen LogP contribution is 2.34. The van der Waals surface area contributed by atoms with E-state index in [1.807, 2.05) is 59.5 Å². The van der Waals surface area contributed by atoms with Crippen LogP contribution in [0.25, 0.3) is 0 Å². The fourth-order valence-electron chi connectivity index (χ4n) is 4.60. The van der Waals surface area contributed by atoms with E-state index < -0.39 is 6.10 Å². The molecule has 35 heavy (non-hydrogen) atoms. The van der Waals surface area contributed by atoms with Gasteiger partial charge in [-0.15, -0.1) is 11.3 Å². The Balaban J connectivity index is 1.46. The Morgan fingerprint density at radius 2 is 1.97 bits per heavy atom. The number of thiophene rings is 1. The van der Waals surface area contributed by atoms with Gasteiger partial charge in [0.2, 0.25) is 5.91 Å². The van der Waals surface area contributed by atoms with E-state index in [2.05, 4.69) is 23.3 Å². The molecule has 0 fully saturated rings. The van der Waals surface area contributed by atoms with Crippen LogP contribution in [0.5, 0.6) is 11.5 Å². The largest absolute Gasteiger partial charge is 0.497 e. The predicted octanol–water partition coefficient (Wildman–Crippen LogP) is 4.71. The standard InChI is InChI=1S/C28H34N2O4S/c1-3-14-29(18-26(31)21-8-5-4-6-9-21)19-28(32)30-15-12-27-24(13-16-35-27)25(30)20-34-23-11-7-10-22(17-23)33-2/h4-11,13,16-17,25-26,31H,3,12,14-15,18-20H2,1-2H3. The van der Waals surface area contributed by atoms with Crippen LogP contribution < -0.4 is 9.47 Å². The van der Waals surface area contributed by atoms with Gasteiger partial charge in [-0.25, -0.2) is 0 Å². The first-order valence-corrected chi connectivity index (χ1v) is 13.0. The number of nitrogens with zero attached hydrogens (tertiary/aromatic N) is 2. The van der Waals surface area contributed by atoms with E-state index in [-0.39, 0.29) is 18.5 Å². The van der Waals surface area contributed by atoms with Gasteiger partial charge in [0.15, 0.2) is 0 Å². The third-order valence-electron chi connectivity index (χ3n) is 6.38. The van der Waals surface area contributed by atoms with E-state index in [0.29, 0.717) is 19.7 Å². The number of fused-ring (bicyclic) bond motifs is 1. The molecule has 6 nitrogen and oxygen atoms in total. The second-order valence-electron chi connectivity index (χ2n) is 8.80. The average molecular weight is 495 g/mol. The number of amides is 1. The number of ether oxygens (including phenoxy) is 2. The molecule has 3 aromatic rings. The molecule has 0 saturated heterocycles. The summed E-state index contributed by atoms with van der Waals surface area (Å²) in [5.74, 6) is 1.52. The summed E-state index contributed by atoms with van der Waals surface area (Å²) in [5.41, 5.74) is 2.04. The monoisotopic (exact) mass is 494 g/mol. The number of methoxy groups -OCH3 is 1. The van der Waals surface area contributed by atoms with Crippen molar-refractivity contribution in [1.82, 2.24) is 9.80 Å².